The number of carbonyl (C=O) groups is 1. The topological polar surface area (TPSA) is 77.5 Å². The second-order valence-electron chi connectivity index (χ2n) is 11.3. The predicted molar refractivity (Wildman–Crippen MR) is 183 cm³/mol. The van der Waals surface area contributed by atoms with Gasteiger partial charge in [-0.25, -0.2) is 4.79 Å². The standard InChI is InChI=1S/C40H41NO6/c1-44-34-19-14-31(15-20-34)37(32-16-21-35(45-2)22-17-32)26-41(25-29-10-6-4-7-11-29)27-38(42)33-18-23-39(36(24-33)40(43)46-3)47-28-30-12-8-5-9-13-30/h4-24,37-38,42H,25-28H2,1-3H3. The molecule has 5 rings (SSSR count). The zero-order chi connectivity index (χ0) is 33.0. The number of esters is 1. The largest absolute Gasteiger partial charge is 0.497 e. The van der Waals surface area contributed by atoms with Gasteiger partial charge in [-0.15, -0.1) is 0 Å². The molecule has 0 aromatic heterocycles. The van der Waals surface area contributed by atoms with Crippen molar-refractivity contribution in [3.8, 4) is 17.2 Å². The smallest absolute Gasteiger partial charge is 0.341 e. The average Bonchev–Trinajstić information content (AvgIpc) is 3.13. The Labute approximate surface area is 276 Å². The molecule has 1 N–H and O–H groups in total. The van der Waals surface area contributed by atoms with Gasteiger partial charge < -0.3 is 24.1 Å². The van der Waals surface area contributed by atoms with Crippen molar-refractivity contribution in [2.75, 3.05) is 34.4 Å². The van der Waals surface area contributed by atoms with Gasteiger partial charge in [0.2, 0.25) is 0 Å². The van der Waals surface area contributed by atoms with Crippen molar-refractivity contribution in [1.82, 2.24) is 4.90 Å². The van der Waals surface area contributed by atoms with Gasteiger partial charge in [0.25, 0.3) is 0 Å². The van der Waals surface area contributed by atoms with Crippen LogP contribution in [0.3, 0.4) is 0 Å². The number of ether oxygens (including phenoxy) is 4. The van der Waals surface area contributed by atoms with Crippen molar-refractivity contribution in [1.29, 1.82) is 0 Å². The molecule has 1 atom stereocenters. The van der Waals surface area contributed by atoms with Gasteiger partial charge in [-0.2, -0.15) is 0 Å². The Bertz CT molecular complexity index is 1640. The molecular formula is C40H41NO6. The van der Waals surface area contributed by atoms with Crippen LogP contribution in [0, 0.1) is 0 Å². The summed E-state index contributed by atoms with van der Waals surface area (Å²) in [6.07, 6.45) is -0.891. The maximum absolute atomic E-state index is 12.8. The predicted octanol–water partition coefficient (Wildman–Crippen LogP) is 7.44. The van der Waals surface area contributed by atoms with Gasteiger partial charge in [0.05, 0.1) is 27.4 Å². The Hall–Kier alpha value is -5.11. The van der Waals surface area contributed by atoms with Crippen LogP contribution in [0.4, 0.5) is 0 Å². The van der Waals surface area contributed by atoms with Crippen molar-refractivity contribution in [2.24, 2.45) is 0 Å². The second-order valence-corrected chi connectivity index (χ2v) is 11.3. The van der Waals surface area contributed by atoms with Gasteiger partial charge >= 0.3 is 5.97 Å². The molecule has 0 heterocycles. The fraction of sp³-hybridized carbons (Fsp3) is 0.225. The van der Waals surface area contributed by atoms with Gasteiger partial charge in [-0.05, 0) is 64.2 Å². The van der Waals surface area contributed by atoms with Crippen LogP contribution in [0.25, 0.3) is 0 Å². The van der Waals surface area contributed by atoms with Crippen LogP contribution < -0.4 is 14.2 Å². The van der Waals surface area contributed by atoms with Crippen molar-refractivity contribution in [3.63, 3.8) is 0 Å². The molecule has 1 unspecified atom stereocenters. The van der Waals surface area contributed by atoms with E-state index in [0.29, 0.717) is 37.6 Å². The summed E-state index contributed by atoms with van der Waals surface area (Å²) in [4.78, 5) is 15.1. The second kappa shape index (κ2) is 16.5. The van der Waals surface area contributed by atoms with Crippen LogP contribution in [-0.4, -0.2) is 50.4 Å². The van der Waals surface area contributed by atoms with E-state index in [2.05, 4.69) is 41.3 Å². The first kappa shape index (κ1) is 33.3. The quantitative estimate of drug-likeness (QED) is 0.120. The summed E-state index contributed by atoms with van der Waals surface area (Å²) in [7, 11) is 4.66. The number of carbonyl (C=O) groups excluding carboxylic acids is 1. The van der Waals surface area contributed by atoms with Gasteiger partial charge in [0, 0.05) is 25.6 Å². The van der Waals surface area contributed by atoms with Crippen LogP contribution in [0.5, 0.6) is 17.2 Å². The Morgan fingerprint density at radius 2 is 1.19 bits per heavy atom. The zero-order valence-electron chi connectivity index (χ0n) is 27.0. The summed E-state index contributed by atoms with van der Waals surface area (Å²) in [5.41, 5.74) is 5.22. The lowest BCUT2D eigenvalue weighted by Crippen LogP contribution is -2.33. The molecule has 242 valence electrons. The first-order chi connectivity index (χ1) is 23.0. The maximum atomic E-state index is 12.8. The minimum atomic E-state index is -0.891. The van der Waals surface area contributed by atoms with E-state index in [1.165, 1.54) is 7.11 Å². The lowest BCUT2D eigenvalue weighted by Gasteiger charge is -2.30. The third-order valence-electron chi connectivity index (χ3n) is 8.19. The zero-order valence-corrected chi connectivity index (χ0v) is 27.0. The van der Waals surface area contributed by atoms with Crippen molar-refractivity contribution >= 4 is 5.97 Å². The van der Waals surface area contributed by atoms with Crippen molar-refractivity contribution in [2.45, 2.75) is 25.2 Å². The Morgan fingerprint density at radius 3 is 1.72 bits per heavy atom. The summed E-state index contributed by atoms with van der Waals surface area (Å²) in [5.74, 6) is 1.44. The van der Waals surface area contributed by atoms with Gasteiger partial charge in [0.1, 0.15) is 29.4 Å². The fourth-order valence-corrected chi connectivity index (χ4v) is 5.61. The summed E-state index contributed by atoms with van der Waals surface area (Å²) in [6.45, 7) is 1.85. The molecule has 0 aliphatic carbocycles. The molecule has 0 fully saturated rings. The number of rotatable bonds is 15. The molecule has 5 aromatic carbocycles. The normalized spacial score (nSPS) is 11.7. The highest BCUT2D eigenvalue weighted by Gasteiger charge is 2.24. The van der Waals surface area contributed by atoms with E-state index in [4.69, 9.17) is 18.9 Å². The molecule has 0 spiro atoms. The van der Waals surface area contributed by atoms with E-state index >= 15 is 0 Å². The maximum Gasteiger partial charge on any atom is 0.341 e. The number of hydrogen-bond acceptors (Lipinski definition) is 7. The summed E-state index contributed by atoms with van der Waals surface area (Å²) in [6, 6.07) is 41.4. The molecule has 5 aromatic rings. The molecule has 0 radical (unpaired) electrons. The first-order valence-electron chi connectivity index (χ1n) is 15.6. The van der Waals surface area contributed by atoms with Crippen LogP contribution in [0.1, 0.15) is 50.2 Å². The number of aliphatic hydroxyl groups is 1. The molecule has 0 amide bonds. The number of hydrogen-bond donors (Lipinski definition) is 1. The molecule has 0 saturated heterocycles. The fourth-order valence-electron chi connectivity index (χ4n) is 5.61. The summed E-state index contributed by atoms with van der Waals surface area (Å²) in [5, 5.41) is 11.7. The number of benzene rings is 5. The van der Waals surface area contributed by atoms with Gasteiger partial charge in [-0.3, -0.25) is 4.90 Å². The first-order valence-corrected chi connectivity index (χ1v) is 15.6. The third-order valence-corrected chi connectivity index (χ3v) is 8.19. The number of methoxy groups -OCH3 is 3. The molecule has 0 aliphatic heterocycles. The highest BCUT2D eigenvalue weighted by atomic mass is 16.5. The minimum Gasteiger partial charge on any atom is -0.497 e. The van der Waals surface area contributed by atoms with Gasteiger partial charge in [-0.1, -0.05) is 91.0 Å². The van der Waals surface area contributed by atoms with Crippen LogP contribution in [0.15, 0.2) is 127 Å². The molecule has 0 saturated carbocycles. The van der Waals surface area contributed by atoms with Crippen molar-refractivity contribution < 1.29 is 28.8 Å². The van der Waals surface area contributed by atoms with E-state index in [0.717, 1.165) is 33.8 Å². The Morgan fingerprint density at radius 1 is 0.660 bits per heavy atom. The monoisotopic (exact) mass is 631 g/mol. The summed E-state index contributed by atoms with van der Waals surface area (Å²) >= 11 is 0. The molecule has 7 nitrogen and oxygen atoms in total. The highest BCUT2D eigenvalue weighted by Crippen LogP contribution is 2.31. The number of aliphatic hydroxyl groups excluding tert-OH is 1. The van der Waals surface area contributed by atoms with E-state index in [9.17, 15) is 9.90 Å². The molecule has 47 heavy (non-hydrogen) atoms. The van der Waals surface area contributed by atoms with E-state index < -0.39 is 12.1 Å². The Kier molecular flexibility index (Phi) is 11.6. The van der Waals surface area contributed by atoms with Crippen LogP contribution >= 0.6 is 0 Å². The molecular weight excluding hydrogens is 590 g/mol. The van der Waals surface area contributed by atoms with Crippen LogP contribution in [-0.2, 0) is 17.9 Å². The van der Waals surface area contributed by atoms with Crippen LogP contribution in [0.2, 0.25) is 0 Å². The summed E-state index contributed by atoms with van der Waals surface area (Å²) < 4.78 is 21.9. The molecule has 7 heteroatoms. The van der Waals surface area contributed by atoms with E-state index in [-0.39, 0.29) is 11.5 Å². The lowest BCUT2D eigenvalue weighted by atomic mass is 9.90. The molecule has 0 bridgehead atoms. The SMILES string of the molecule is COC(=O)c1cc(C(O)CN(Cc2ccccc2)CC(c2ccc(OC)cc2)c2ccc(OC)cc2)ccc1OCc1ccccc1. The molecule has 0 aliphatic rings. The highest BCUT2D eigenvalue weighted by molar-refractivity contribution is 5.92. The Balaban J connectivity index is 1.43. The lowest BCUT2D eigenvalue weighted by molar-refractivity contribution is 0.0594. The van der Waals surface area contributed by atoms with E-state index in [1.807, 2.05) is 78.9 Å². The van der Waals surface area contributed by atoms with Gasteiger partial charge in [0.15, 0.2) is 0 Å². The minimum absolute atomic E-state index is 0.0119. The average molecular weight is 632 g/mol. The van der Waals surface area contributed by atoms with E-state index in [1.54, 1.807) is 26.4 Å². The third kappa shape index (κ3) is 9.00. The number of nitrogens with zero attached hydrogens (tertiary/aromatic N) is 1. The van der Waals surface area contributed by atoms with Crippen molar-refractivity contribution in [3.05, 3.63) is 161 Å².